The van der Waals surface area contributed by atoms with Crippen molar-refractivity contribution in [2.24, 2.45) is 0 Å². The lowest BCUT2D eigenvalue weighted by molar-refractivity contribution is 0.102. The molecular formula is C16H14N2O2S2. The van der Waals surface area contributed by atoms with E-state index in [1.165, 1.54) is 11.3 Å². The zero-order valence-corrected chi connectivity index (χ0v) is 13.5. The second-order valence-corrected chi connectivity index (χ2v) is 6.43. The van der Waals surface area contributed by atoms with Gasteiger partial charge in [0.15, 0.2) is 0 Å². The first-order valence-electron chi connectivity index (χ1n) is 6.65. The van der Waals surface area contributed by atoms with Crippen molar-refractivity contribution in [1.29, 1.82) is 0 Å². The first-order valence-corrected chi connectivity index (χ1v) is 8.41. The van der Waals surface area contributed by atoms with Crippen LogP contribution >= 0.6 is 22.7 Å². The summed E-state index contributed by atoms with van der Waals surface area (Å²) >= 11 is 3.06. The molecule has 3 aromatic rings. The van der Waals surface area contributed by atoms with E-state index >= 15 is 0 Å². The number of para-hydroxylation sites is 1. The van der Waals surface area contributed by atoms with Gasteiger partial charge in [0.05, 0.1) is 6.61 Å². The number of thiazole rings is 1. The fourth-order valence-electron chi connectivity index (χ4n) is 2.03. The summed E-state index contributed by atoms with van der Waals surface area (Å²) in [7, 11) is 1.61. The average molecular weight is 330 g/mol. The third-order valence-electron chi connectivity index (χ3n) is 3.01. The van der Waals surface area contributed by atoms with Crippen molar-refractivity contribution in [3.63, 3.8) is 0 Å². The highest BCUT2D eigenvalue weighted by atomic mass is 32.1. The van der Waals surface area contributed by atoms with Gasteiger partial charge in [0.2, 0.25) is 0 Å². The van der Waals surface area contributed by atoms with Crippen LogP contribution in [0.3, 0.4) is 0 Å². The van der Waals surface area contributed by atoms with Crippen molar-refractivity contribution in [1.82, 2.24) is 4.98 Å². The van der Waals surface area contributed by atoms with E-state index in [1.54, 1.807) is 23.8 Å². The van der Waals surface area contributed by atoms with E-state index in [1.807, 2.05) is 41.8 Å². The van der Waals surface area contributed by atoms with Gasteiger partial charge in [-0.2, -0.15) is 0 Å². The zero-order valence-electron chi connectivity index (χ0n) is 11.9. The molecule has 2 aromatic heterocycles. The average Bonchev–Trinajstić information content (AvgIpc) is 3.19. The number of methoxy groups -OCH3 is 1. The highest BCUT2D eigenvalue weighted by molar-refractivity contribution is 7.13. The normalized spacial score (nSPS) is 10.6. The number of thiophene rings is 1. The SMILES string of the molecule is COCc1nc(C(=O)Nc2ccccc2-c2cccs2)cs1. The monoisotopic (exact) mass is 330 g/mol. The minimum atomic E-state index is -0.206. The number of ether oxygens (including phenoxy) is 1. The maximum atomic E-state index is 12.3. The predicted octanol–water partition coefficient (Wildman–Crippen LogP) is 4.27. The molecule has 1 aromatic carbocycles. The lowest BCUT2D eigenvalue weighted by Crippen LogP contribution is -2.13. The Bertz CT molecular complexity index is 766. The first kappa shape index (κ1) is 14.9. The highest BCUT2D eigenvalue weighted by Crippen LogP contribution is 2.31. The van der Waals surface area contributed by atoms with Crippen LogP contribution in [0.2, 0.25) is 0 Å². The molecule has 0 saturated heterocycles. The van der Waals surface area contributed by atoms with Crippen molar-refractivity contribution in [3.05, 3.63) is 57.9 Å². The van der Waals surface area contributed by atoms with E-state index in [-0.39, 0.29) is 5.91 Å². The Morgan fingerprint density at radius 1 is 1.23 bits per heavy atom. The minimum Gasteiger partial charge on any atom is -0.378 e. The van der Waals surface area contributed by atoms with Crippen LogP contribution in [0.4, 0.5) is 5.69 Å². The Balaban J connectivity index is 1.82. The summed E-state index contributed by atoms with van der Waals surface area (Å²) in [6.07, 6.45) is 0. The number of amides is 1. The van der Waals surface area contributed by atoms with Crippen LogP contribution in [-0.4, -0.2) is 18.0 Å². The first-order chi connectivity index (χ1) is 10.8. The van der Waals surface area contributed by atoms with E-state index in [4.69, 9.17) is 4.74 Å². The third-order valence-corrected chi connectivity index (χ3v) is 4.74. The molecule has 0 radical (unpaired) electrons. The number of carbonyl (C=O) groups is 1. The molecule has 0 saturated carbocycles. The van der Waals surface area contributed by atoms with Crippen molar-refractivity contribution < 1.29 is 9.53 Å². The van der Waals surface area contributed by atoms with Crippen LogP contribution in [0.25, 0.3) is 10.4 Å². The van der Waals surface area contributed by atoms with Crippen LogP contribution < -0.4 is 5.32 Å². The smallest absolute Gasteiger partial charge is 0.275 e. The van der Waals surface area contributed by atoms with Gasteiger partial charge in [0.25, 0.3) is 5.91 Å². The molecule has 22 heavy (non-hydrogen) atoms. The van der Waals surface area contributed by atoms with Crippen LogP contribution in [0.15, 0.2) is 47.2 Å². The Hall–Kier alpha value is -2.02. The van der Waals surface area contributed by atoms with Gasteiger partial charge in [-0.25, -0.2) is 4.98 Å². The van der Waals surface area contributed by atoms with Crippen molar-refractivity contribution in [2.75, 3.05) is 12.4 Å². The van der Waals surface area contributed by atoms with E-state index in [2.05, 4.69) is 10.3 Å². The molecule has 0 bridgehead atoms. The largest absolute Gasteiger partial charge is 0.378 e. The summed E-state index contributed by atoms with van der Waals surface area (Å²) < 4.78 is 5.02. The summed E-state index contributed by atoms with van der Waals surface area (Å²) in [5, 5.41) is 7.50. The molecule has 3 rings (SSSR count). The molecular weight excluding hydrogens is 316 g/mol. The number of nitrogens with one attached hydrogen (secondary N) is 1. The number of hydrogen-bond acceptors (Lipinski definition) is 5. The molecule has 4 nitrogen and oxygen atoms in total. The molecule has 0 fully saturated rings. The maximum Gasteiger partial charge on any atom is 0.275 e. The number of nitrogens with zero attached hydrogens (tertiary/aromatic N) is 1. The van der Waals surface area contributed by atoms with E-state index < -0.39 is 0 Å². The van der Waals surface area contributed by atoms with Gasteiger partial charge in [-0.3, -0.25) is 4.79 Å². The van der Waals surface area contributed by atoms with Crippen molar-refractivity contribution in [3.8, 4) is 10.4 Å². The second kappa shape index (κ2) is 6.83. The van der Waals surface area contributed by atoms with Gasteiger partial charge in [-0.1, -0.05) is 24.3 Å². The van der Waals surface area contributed by atoms with E-state index in [0.717, 1.165) is 21.1 Å². The van der Waals surface area contributed by atoms with Crippen LogP contribution in [0, 0.1) is 0 Å². The second-order valence-electron chi connectivity index (χ2n) is 4.54. The van der Waals surface area contributed by atoms with E-state index in [9.17, 15) is 4.79 Å². The number of aromatic nitrogens is 1. The molecule has 0 unspecified atom stereocenters. The Labute approximate surface area is 136 Å². The van der Waals surface area contributed by atoms with Gasteiger partial charge < -0.3 is 10.1 Å². The van der Waals surface area contributed by atoms with Crippen molar-refractivity contribution in [2.45, 2.75) is 6.61 Å². The van der Waals surface area contributed by atoms with Gasteiger partial charge in [-0.15, -0.1) is 22.7 Å². The molecule has 6 heteroatoms. The Kier molecular flexibility index (Phi) is 4.62. The topological polar surface area (TPSA) is 51.2 Å². The molecule has 1 amide bonds. The molecule has 0 aliphatic rings. The van der Waals surface area contributed by atoms with Crippen molar-refractivity contribution >= 4 is 34.3 Å². The molecule has 0 spiro atoms. The molecule has 0 aliphatic heterocycles. The summed E-state index contributed by atoms with van der Waals surface area (Å²) in [4.78, 5) is 17.7. The zero-order chi connectivity index (χ0) is 15.4. The lowest BCUT2D eigenvalue weighted by atomic mass is 10.1. The standard InChI is InChI=1S/C16H14N2O2S2/c1-20-9-15-17-13(10-22-15)16(19)18-12-6-3-2-5-11(12)14-7-4-8-21-14/h2-8,10H,9H2,1H3,(H,18,19). The van der Waals surface area contributed by atoms with Gasteiger partial charge in [0.1, 0.15) is 10.7 Å². The summed E-state index contributed by atoms with van der Waals surface area (Å²) in [5.41, 5.74) is 2.22. The van der Waals surface area contributed by atoms with Crippen LogP contribution in [-0.2, 0) is 11.3 Å². The van der Waals surface area contributed by atoms with Gasteiger partial charge in [-0.05, 0) is 17.5 Å². The Morgan fingerprint density at radius 2 is 2.09 bits per heavy atom. The Morgan fingerprint density at radius 3 is 2.86 bits per heavy atom. The quantitative estimate of drug-likeness (QED) is 0.760. The van der Waals surface area contributed by atoms with Crippen LogP contribution in [0.1, 0.15) is 15.5 Å². The maximum absolute atomic E-state index is 12.3. The summed E-state index contributed by atoms with van der Waals surface area (Å²) in [6.45, 7) is 0.420. The number of benzene rings is 1. The summed E-state index contributed by atoms with van der Waals surface area (Å²) in [5.74, 6) is -0.206. The minimum absolute atomic E-state index is 0.206. The number of carbonyl (C=O) groups excluding carboxylic acids is 1. The molecule has 1 N–H and O–H groups in total. The van der Waals surface area contributed by atoms with Crippen LogP contribution in [0.5, 0.6) is 0 Å². The van der Waals surface area contributed by atoms with Gasteiger partial charge in [0, 0.05) is 28.6 Å². The molecule has 112 valence electrons. The molecule has 2 heterocycles. The fraction of sp³-hybridized carbons (Fsp3) is 0.125. The third kappa shape index (κ3) is 3.24. The molecule has 0 atom stereocenters. The summed E-state index contributed by atoms with van der Waals surface area (Å²) in [6, 6.07) is 11.8. The number of hydrogen-bond donors (Lipinski definition) is 1. The predicted molar refractivity (Wildman–Crippen MR) is 90.5 cm³/mol. The van der Waals surface area contributed by atoms with Gasteiger partial charge >= 0.3 is 0 Å². The number of anilines is 1. The highest BCUT2D eigenvalue weighted by Gasteiger charge is 2.13. The lowest BCUT2D eigenvalue weighted by Gasteiger charge is -2.08. The van der Waals surface area contributed by atoms with E-state index in [0.29, 0.717) is 12.3 Å². The molecule has 0 aliphatic carbocycles. The number of rotatable bonds is 5. The fourth-order valence-corrected chi connectivity index (χ4v) is 3.54.